The van der Waals surface area contributed by atoms with Crippen molar-refractivity contribution in [1.82, 2.24) is 4.31 Å². The molecule has 0 radical (unpaired) electrons. The third-order valence-corrected chi connectivity index (χ3v) is 6.89. The predicted molar refractivity (Wildman–Crippen MR) is 99.1 cm³/mol. The normalized spacial score (nSPS) is 19.6. The van der Waals surface area contributed by atoms with Gasteiger partial charge in [-0.15, -0.1) is 0 Å². The van der Waals surface area contributed by atoms with Gasteiger partial charge in [0.15, 0.2) is 0 Å². The van der Waals surface area contributed by atoms with E-state index in [-0.39, 0.29) is 12.0 Å². The van der Waals surface area contributed by atoms with E-state index in [4.69, 9.17) is 4.74 Å². The van der Waals surface area contributed by atoms with E-state index in [0.29, 0.717) is 18.0 Å². The standard InChI is InChI=1S/C20H25NO3S/c1-4-16(3)19-14-24-20-8-6-5-7-17(20)13-21(19)25(22,23)18-11-9-15(2)10-12-18/h5-12,16,19H,4,13-14H2,1-3H3/t16?,19-/m1/s1. The van der Waals surface area contributed by atoms with Crippen LogP contribution in [0.3, 0.4) is 0 Å². The predicted octanol–water partition coefficient (Wildman–Crippen LogP) is 3.99. The molecule has 2 aromatic carbocycles. The van der Waals surface area contributed by atoms with E-state index in [0.717, 1.165) is 23.3 Å². The lowest BCUT2D eigenvalue weighted by molar-refractivity contribution is 0.170. The van der Waals surface area contributed by atoms with Gasteiger partial charge in [0.2, 0.25) is 10.0 Å². The fourth-order valence-corrected chi connectivity index (χ4v) is 4.83. The van der Waals surface area contributed by atoms with Gasteiger partial charge in [0, 0.05) is 12.1 Å². The van der Waals surface area contributed by atoms with E-state index >= 15 is 0 Å². The van der Waals surface area contributed by atoms with Crippen LogP contribution in [0.5, 0.6) is 5.75 Å². The first-order chi connectivity index (χ1) is 11.9. The smallest absolute Gasteiger partial charge is 0.243 e. The summed E-state index contributed by atoms with van der Waals surface area (Å²) in [6.45, 7) is 6.83. The molecule has 25 heavy (non-hydrogen) atoms. The van der Waals surface area contributed by atoms with E-state index in [1.807, 2.05) is 43.3 Å². The Morgan fingerprint density at radius 2 is 1.84 bits per heavy atom. The summed E-state index contributed by atoms with van der Waals surface area (Å²) in [5, 5.41) is 0. The van der Waals surface area contributed by atoms with Crippen molar-refractivity contribution < 1.29 is 13.2 Å². The summed E-state index contributed by atoms with van der Waals surface area (Å²) in [7, 11) is -3.60. The van der Waals surface area contributed by atoms with Crippen LogP contribution in [-0.4, -0.2) is 25.4 Å². The van der Waals surface area contributed by atoms with Crippen molar-refractivity contribution in [3.63, 3.8) is 0 Å². The number of hydrogen-bond acceptors (Lipinski definition) is 3. The highest BCUT2D eigenvalue weighted by atomic mass is 32.2. The number of fused-ring (bicyclic) bond motifs is 1. The molecule has 134 valence electrons. The van der Waals surface area contributed by atoms with Gasteiger partial charge in [-0.1, -0.05) is 56.2 Å². The van der Waals surface area contributed by atoms with Crippen LogP contribution < -0.4 is 4.74 Å². The molecule has 5 heteroatoms. The molecule has 2 aromatic rings. The van der Waals surface area contributed by atoms with Crippen molar-refractivity contribution in [1.29, 1.82) is 0 Å². The number of para-hydroxylation sites is 1. The minimum Gasteiger partial charge on any atom is -0.492 e. The SMILES string of the molecule is CCC(C)[C@H]1COc2ccccc2CN1S(=O)(=O)c1ccc(C)cc1. The largest absolute Gasteiger partial charge is 0.492 e. The number of aryl methyl sites for hydroxylation is 1. The molecule has 0 aromatic heterocycles. The molecule has 1 unspecified atom stereocenters. The number of rotatable bonds is 4. The summed E-state index contributed by atoms with van der Waals surface area (Å²) >= 11 is 0. The molecule has 0 saturated heterocycles. The van der Waals surface area contributed by atoms with Gasteiger partial charge in [0.25, 0.3) is 0 Å². The average molecular weight is 359 g/mol. The first-order valence-corrected chi connectivity index (χ1v) is 10.2. The lowest BCUT2D eigenvalue weighted by Crippen LogP contribution is -2.45. The van der Waals surface area contributed by atoms with E-state index in [1.54, 1.807) is 16.4 Å². The maximum absolute atomic E-state index is 13.4. The Morgan fingerprint density at radius 1 is 1.16 bits per heavy atom. The molecule has 0 aliphatic carbocycles. The Labute approximate surface area is 150 Å². The summed E-state index contributed by atoms with van der Waals surface area (Å²) in [6.07, 6.45) is 0.893. The zero-order valence-corrected chi connectivity index (χ0v) is 15.8. The van der Waals surface area contributed by atoms with E-state index in [1.165, 1.54) is 0 Å². The molecule has 0 saturated carbocycles. The first kappa shape index (κ1) is 18.0. The second-order valence-corrected chi connectivity index (χ2v) is 8.63. The number of ether oxygens (including phenoxy) is 1. The number of hydrogen-bond donors (Lipinski definition) is 0. The fraction of sp³-hybridized carbons (Fsp3) is 0.400. The van der Waals surface area contributed by atoms with Gasteiger partial charge in [-0.05, 0) is 31.0 Å². The third kappa shape index (κ3) is 3.58. The second-order valence-electron chi connectivity index (χ2n) is 6.73. The van der Waals surface area contributed by atoms with Crippen LogP contribution in [0.1, 0.15) is 31.4 Å². The molecule has 0 bridgehead atoms. The topological polar surface area (TPSA) is 46.6 Å². The van der Waals surface area contributed by atoms with Crippen LogP contribution in [0.15, 0.2) is 53.4 Å². The Kier molecular flexibility index (Phi) is 5.16. The van der Waals surface area contributed by atoms with Gasteiger partial charge in [-0.25, -0.2) is 8.42 Å². The molecule has 0 fully saturated rings. The monoisotopic (exact) mass is 359 g/mol. The molecule has 2 atom stereocenters. The van der Waals surface area contributed by atoms with E-state index in [9.17, 15) is 8.42 Å². The van der Waals surface area contributed by atoms with Crippen molar-refractivity contribution in [3.8, 4) is 5.75 Å². The van der Waals surface area contributed by atoms with E-state index < -0.39 is 10.0 Å². The van der Waals surface area contributed by atoms with Gasteiger partial charge in [0.1, 0.15) is 12.4 Å². The number of sulfonamides is 1. The molecule has 3 rings (SSSR count). The first-order valence-electron chi connectivity index (χ1n) is 8.72. The zero-order valence-electron chi connectivity index (χ0n) is 15.0. The molecule has 1 heterocycles. The van der Waals surface area contributed by atoms with Crippen molar-refractivity contribution >= 4 is 10.0 Å². The minimum absolute atomic E-state index is 0.191. The zero-order chi connectivity index (χ0) is 18.0. The van der Waals surface area contributed by atoms with Gasteiger partial charge >= 0.3 is 0 Å². The summed E-state index contributed by atoms with van der Waals surface area (Å²) in [5.41, 5.74) is 1.95. The highest BCUT2D eigenvalue weighted by Crippen LogP contribution is 2.32. The van der Waals surface area contributed by atoms with Crippen LogP contribution in [0.4, 0.5) is 0 Å². The van der Waals surface area contributed by atoms with Crippen molar-refractivity contribution in [3.05, 3.63) is 59.7 Å². The summed E-state index contributed by atoms with van der Waals surface area (Å²) in [6, 6.07) is 14.6. The Balaban J connectivity index is 2.05. The Bertz CT molecular complexity index is 830. The fourth-order valence-electron chi connectivity index (χ4n) is 3.15. The van der Waals surface area contributed by atoms with Crippen LogP contribution >= 0.6 is 0 Å². The van der Waals surface area contributed by atoms with Crippen molar-refractivity contribution in [2.75, 3.05) is 6.61 Å². The molecule has 1 aliphatic rings. The number of benzene rings is 2. The molecule has 4 nitrogen and oxygen atoms in total. The summed E-state index contributed by atoms with van der Waals surface area (Å²) in [5.74, 6) is 0.979. The number of nitrogens with zero attached hydrogens (tertiary/aromatic N) is 1. The maximum atomic E-state index is 13.4. The molecular weight excluding hydrogens is 334 g/mol. The average Bonchev–Trinajstić information content (AvgIpc) is 2.81. The van der Waals surface area contributed by atoms with Crippen molar-refractivity contribution in [2.24, 2.45) is 5.92 Å². The molecule has 0 spiro atoms. The molecule has 1 aliphatic heterocycles. The van der Waals surface area contributed by atoms with Crippen LogP contribution in [0, 0.1) is 12.8 Å². The van der Waals surface area contributed by atoms with Gasteiger partial charge in [-0.2, -0.15) is 4.31 Å². The van der Waals surface area contributed by atoms with Crippen LogP contribution in [0.25, 0.3) is 0 Å². The highest BCUT2D eigenvalue weighted by molar-refractivity contribution is 7.89. The summed E-state index contributed by atoms with van der Waals surface area (Å²) in [4.78, 5) is 0.339. The van der Waals surface area contributed by atoms with Gasteiger partial charge in [-0.3, -0.25) is 0 Å². The molecule has 0 amide bonds. The van der Waals surface area contributed by atoms with Crippen LogP contribution in [0.2, 0.25) is 0 Å². The Hall–Kier alpha value is -1.85. The second kappa shape index (κ2) is 7.18. The maximum Gasteiger partial charge on any atom is 0.243 e. The van der Waals surface area contributed by atoms with Gasteiger partial charge in [0.05, 0.1) is 10.9 Å². The highest BCUT2D eigenvalue weighted by Gasteiger charge is 2.37. The Morgan fingerprint density at radius 3 is 2.52 bits per heavy atom. The van der Waals surface area contributed by atoms with Crippen molar-refractivity contribution in [2.45, 2.75) is 44.7 Å². The molecule has 0 N–H and O–H groups in total. The van der Waals surface area contributed by atoms with Crippen LogP contribution in [-0.2, 0) is 16.6 Å². The lowest BCUT2D eigenvalue weighted by atomic mass is 10.00. The lowest BCUT2D eigenvalue weighted by Gasteiger charge is -2.32. The van der Waals surface area contributed by atoms with E-state index in [2.05, 4.69) is 13.8 Å². The van der Waals surface area contributed by atoms with Gasteiger partial charge < -0.3 is 4.74 Å². The minimum atomic E-state index is -3.60. The third-order valence-electron chi connectivity index (χ3n) is 5.01. The molecular formula is C20H25NO3S. The quantitative estimate of drug-likeness (QED) is 0.829. The summed E-state index contributed by atoms with van der Waals surface area (Å²) < 4.78 is 34.3.